The van der Waals surface area contributed by atoms with E-state index in [0.717, 1.165) is 36.1 Å². The molecule has 29 heavy (non-hydrogen) atoms. The molecule has 1 fully saturated rings. The van der Waals surface area contributed by atoms with Gasteiger partial charge in [-0.15, -0.1) is 0 Å². The van der Waals surface area contributed by atoms with Crippen LogP contribution in [0, 0.1) is 0 Å². The normalized spacial score (nSPS) is 21.7. The number of ketones is 1. The number of para-hydroxylation sites is 1. The first-order chi connectivity index (χ1) is 14.0. The molecule has 2 unspecified atom stereocenters. The summed E-state index contributed by atoms with van der Waals surface area (Å²) in [6, 6.07) is 16.5. The van der Waals surface area contributed by atoms with Crippen molar-refractivity contribution in [3.8, 4) is 0 Å². The second-order valence-electron chi connectivity index (χ2n) is 7.78. The largest absolute Gasteiger partial charge is 0.452 e. The number of Topliss-reactive ketones (excluding diaryl/α,β-unsaturated/α-hetero) is 1. The third-order valence-corrected chi connectivity index (χ3v) is 5.47. The summed E-state index contributed by atoms with van der Waals surface area (Å²) >= 11 is 0. The number of esters is 1. The van der Waals surface area contributed by atoms with Crippen molar-refractivity contribution < 1.29 is 14.3 Å². The van der Waals surface area contributed by atoms with E-state index in [0.29, 0.717) is 13.1 Å². The molecule has 0 saturated carbocycles. The van der Waals surface area contributed by atoms with Gasteiger partial charge in [-0.05, 0) is 56.0 Å². The van der Waals surface area contributed by atoms with E-state index in [4.69, 9.17) is 10.5 Å². The van der Waals surface area contributed by atoms with Crippen LogP contribution in [0.25, 0.3) is 0 Å². The maximum atomic E-state index is 13.2. The van der Waals surface area contributed by atoms with Crippen LogP contribution in [0.1, 0.15) is 44.2 Å². The van der Waals surface area contributed by atoms with Crippen molar-refractivity contribution in [3.63, 3.8) is 0 Å². The molecule has 0 spiro atoms. The number of carbonyl (C=O) groups is 2. The van der Waals surface area contributed by atoms with Crippen molar-refractivity contribution in [2.75, 3.05) is 18.0 Å². The lowest BCUT2D eigenvalue weighted by molar-refractivity contribution is -0.172. The zero-order chi connectivity index (χ0) is 20.9. The number of benzene rings is 2. The Morgan fingerprint density at radius 3 is 2.45 bits per heavy atom. The molecule has 1 aliphatic heterocycles. The molecular weight excluding hydrogens is 364 g/mol. The average Bonchev–Trinajstić information content (AvgIpc) is 2.72. The number of hydrogen-bond donors (Lipinski definition) is 1. The molecule has 5 nitrogen and oxygen atoms in total. The highest BCUT2D eigenvalue weighted by molar-refractivity contribution is 6.08. The van der Waals surface area contributed by atoms with Gasteiger partial charge < -0.3 is 15.4 Å². The van der Waals surface area contributed by atoms with Gasteiger partial charge in [0.05, 0.1) is 6.42 Å². The highest BCUT2D eigenvalue weighted by Crippen LogP contribution is 2.38. The minimum absolute atomic E-state index is 0.102. The van der Waals surface area contributed by atoms with Crippen molar-refractivity contribution in [3.05, 3.63) is 65.7 Å². The van der Waals surface area contributed by atoms with Gasteiger partial charge in [0.15, 0.2) is 11.8 Å². The fourth-order valence-electron chi connectivity index (χ4n) is 4.14. The Labute approximate surface area is 172 Å². The molecule has 2 atom stereocenters. The number of ether oxygens (including phenoxy) is 1. The summed E-state index contributed by atoms with van der Waals surface area (Å²) in [7, 11) is 0. The van der Waals surface area contributed by atoms with Crippen LogP contribution in [0.15, 0.2) is 54.6 Å². The molecule has 2 N–H and O–H groups in total. The minimum atomic E-state index is -0.954. The SMILES string of the molecule is CCCN(c1ccccc1)C1C(=O)CC(C)(c2ccccc2CCCN)OC1=O. The molecule has 3 rings (SSSR count). The van der Waals surface area contributed by atoms with Crippen molar-refractivity contribution >= 4 is 17.4 Å². The van der Waals surface area contributed by atoms with E-state index in [1.165, 1.54) is 0 Å². The Morgan fingerprint density at radius 2 is 1.79 bits per heavy atom. The van der Waals surface area contributed by atoms with E-state index in [1.807, 2.05) is 73.3 Å². The second-order valence-corrected chi connectivity index (χ2v) is 7.78. The molecule has 5 heteroatoms. The second kappa shape index (κ2) is 9.23. The highest BCUT2D eigenvalue weighted by Gasteiger charge is 2.48. The van der Waals surface area contributed by atoms with Crippen LogP contribution in [0.2, 0.25) is 0 Å². The number of rotatable bonds is 8. The van der Waals surface area contributed by atoms with E-state index >= 15 is 0 Å². The molecule has 2 aromatic carbocycles. The molecule has 0 radical (unpaired) electrons. The maximum Gasteiger partial charge on any atom is 0.337 e. The molecule has 1 saturated heterocycles. The summed E-state index contributed by atoms with van der Waals surface area (Å²) < 4.78 is 5.98. The van der Waals surface area contributed by atoms with Crippen LogP contribution in [-0.4, -0.2) is 30.9 Å². The summed E-state index contributed by atoms with van der Waals surface area (Å²) in [6.07, 6.45) is 2.63. The first-order valence-corrected chi connectivity index (χ1v) is 10.4. The number of cyclic esters (lactones) is 1. The van der Waals surface area contributed by atoms with Crippen LogP contribution < -0.4 is 10.6 Å². The van der Waals surface area contributed by atoms with Crippen molar-refractivity contribution in [2.45, 2.75) is 51.2 Å². The maximum absolute atomic E-state index is 13.2. The van der Waals surface area contributed by atoms with E-state index in [1.54, 1.807) is 0 Å². The monoisotopic (exact) mass is 394 g/mol. The third-order valence-electron chi connectivity index (χ3n) is 5.47. The molecule has 154 valence electrons. The lowest BCUT2D eigenvalue weighted by Crippen LogP contribution is -2.56. The number of nitrogens with zero attached hydrogens (tertiary/aromatic N) is 1. The van der Waals surface area contributed by atoms with Gasteiger partial charge in [0.1, 0.15) is 5.60 Å². The number of hydrogen-bond acceptors (Lipinski definition) is 5. The fraction of sp³-hybridized carbons (Fsp3) is 0.417. The molecule has 0 aliphatic carbocycles. The topological polar surface area (TPSA) is 72.6 Å². The Hall–Kier alpha value is -2.66. The molecule has 0 bridgehead atoms. The molecule has 1 heterocycles. The number of carbonyl (C=O) groups excluding carboxylic acids is 2. The number of aryl methyl sites for hydroxylation is 1. The van der Waals surface area contributed by atoms with Crippen molar-refractivity contribution in [2.24, 2.45) is 5.73 Å². The van der Waals surface area contributed by atoms with Crippen LogP contribution in [0.3, 0.4) is 0 Å². The van der Waals surface area contributed by atoms with Crippen LogP contribution in [-0.2, 0) is 26.3 Å². The molecule has 0 aromatic heterocycles. The first-order valence-electron chi connectivity index (χ1n) is 10.4. The predicted molar refractivity (Wildman–Crippen MR) is 115 cm³/mol. The van der Waals surface area contributed by atoms with E-state index in [-0.39, 0.29) is 12.2 Å². The summed E-state index contributed by atoms with van der Waals surface area (Å²) in [6.45, 7) is 5.08. The number of anilines is 1. The third kappa shape index (κ3) is 4.51. The van der Waals surface area contributed by atoms with Gasteiger partial charge in [-0.1, -0.05) is 49.4 Å². The zero-order valence-electron chi connectivity index (χ0n) is 17.3. The van der Waals surface area contributed by atoms with Gasteiger partial charge >= 0.3 is 5.97 Å². The van der Waals surface area contributed by atoms with Crippen molar-refractivity contribution in [1.82, 2.24) is 0 Å². The summed E-state index contributed by atoms with van der Waals surface area (Å²) in [5.74, 6) is -0.579. The molecular formula is C24H30N2O3. The average molecular weight is 395 g/mol. The summed E-state index contributed by atoms with van der Waals surface area (Å²) in [4.78, 5) is 28.2. The van der Waals surface area contributed by atoms with Gasteiger partial charge in [0.25, 0.3) is 0 Å². The van der Waals surface area contributed by atoms with Gasteiger partial charge in [-0.3, -0.25) is 4.79 Å². The van der Waals surface area contributed by atoms with Gasteiger partial charge in [-0.2, -0.15) is 0 Å². The molecule has 0 amide bonds. The minimum Gasteiger partial charge on any atom is -0.452 e. The lowest BCUT2D eigenvalue weighted by atomic mass is 9.82. The Morgan fingerprint density at radius 1 is 1.10 bits per heavy atom. The molecule has 2 aromatic rings. The van der Waals surface area contributed by atoms with E-state index in [9.17, 15) is 9.59 Å². The van der Waals surface area contributed by atoms with Gasteiger partial charge in [-0.25, -0.2) is 4.79 Å². The zero-order valence-corrected chi connectivity index (χ0v) is 17.3. The summed E-state index contributed by atoms with van der Waals surface area (Å²) in [5, 5.41) is 0. The van der Waals surface area contributed by atoms with E-state index < -0.39 is 17.6 Å². The van der Waals surface area contributed by atoms with Crippen molar-refractivity contribution in [1.29, 1.82) is 0 Å². The standard InChI is InChI=1S/C24H30N2O3/c1-3-16-26(19-12-5-4-6-13-19)22-21(27)17-24(2,29-23(22)28)20-14-8-7-10-18(20)11-9-15-25/h4-8,10,12-14,22H,3,9,11,15-17,25H2,1-2H3. The fourth-order valence-corrected chi connectivity index (χ4v) is 4.14. The van der Waals surface area contributed by atoms with Crippen LogP contribution in [0.4, 0.5) is 5.69 Å². The first kappa shape index (κ1) is 21.1. The smallest absolute Gasteiger partial charge is 0.337 e. The van der Waals surface area contributed by atoms with Crippen LogP contribution in [0.5, 0.6) is 0 Å². The predicted octanol–water partition coefficient (Wildman–Crippen LogP) is 3.59. The lowest BCUT2D eigenvalue weighted by Gasteiger charge is -2.41. The highest BCUT2D eigenvalue weighted by atomic mass is 16.6. The van der Waals surface area contributed by atoms with Crippen LogP contribution >= 0.6 is 0 Å². The Balaban J connectivity index is 1.90. The van der Waals surface area contributed by atoms with Gasteiger partial charge in [0.2, 0.25) is 0 Å². The Kier molecular flexibility index (Phi) is 6.70. The quantitative estimate of drug-likeness (QED) is 0.547. The van der Waals surface area contributed by atoms with Gasteiger partial charge in [0, 0.05) is 12.2 Å². The Bertz CT molecular complexity index is 832. The molecule has 1 aliphatic rings. The summed E-state index contributed by atoms with van der Waals surface area (Å²) in [5.41, 5.74) is 7.55. The number of nitrogens with two attached hydrogens (primary N) is 1. The van der Waals surface area contributed by atoms with E-state index in [2.05, 4.69) is 0 Å².